The SMILES string of the molecule is COc1cc([C@@H]2c3cc4c(cc3[C@H](OC(=O)C(N)C(C)C)[C@H]3COC(=O)[C@@H]23)OCO4)cc(OC)c1OC. The molecule has 3 aliphatic rings. The molecule has 1 saturated heterocycles. The molecular weight excluding hydrogens is 482 g/mol. The Labute approximate surface area is 214 Å². The first-order valence-electron chi connectivity index (χ1n) is 12.1. The summed E-state index contributed by atoms with van der Waals surface area (Å²) in [5.74, 6) is -0.119. The van der Waals surface area contributed by atoms with Crippen LogP contribution in [0.3, 0.4) is 0 Å². The lowest BCUT2D eigenvalue weighted by atomic mass is 9.66. The molecule has 0 saturated carbocycles. The molecule has 2 heterocycles. The maximum Gasteiger partial charge on any atom is 0.323 e. The van der Waals surface area contributed by atoms with E-state index in [2.05, 4.69) is 0 Å². The maximum atomic E-state index is 13.2. The van der Waals surface area contributed by atoms with Crippen molar-refractivity contribution in [2.75, 3.05) is 34.7 Å². The van der Waals surface area contributed by atoms with E-state index in [0.717, 1.165) is 11.1 Å². The molecule has 1 unspecified atom stereocenters. The molecule has 0 radical (unpaired) electrons. The van der Waals surface area contributed by atoms with E-state index in [1.807, 2.05) is 38.1 Å². The number of benzene rings is 2. The molecule has 10 nitrogen and oxygen atoms in total. The first kappa shape index (κ1) is 25.0. The minimum Gasteiger partial charge on any atom is -0.493 e. The highest BCUT2D eigenvalue weighted by Gasteiger charge is 2.54. The van der Waals surface area contributed by atoms with Gasteiger partial charge < -0.3 is 38.9 Å². The standard InChI is InChI=1S/C27H31NO9/c1-12(2)23(28)27(30)37-24-15-9-18-17(35-11-36-18)8-14(15)21(22-16(24)10-34-26(22)29)13-6-19(31-3)25(33-5)20(7-13)32-4/h6-9,12,16,21-24H,10-11,28H2,1-5H3/t16-,21+,22+,23?,24-/m0/s1. The van der Waals surface area contributed by atoms with Crippen molar-refractivity contribution in [3.63, 3.8) is 0 Å². The first-order valence-corrected chi connectivity index (χ1v) is 12.1. The third-order valence-electron chi connectivity index (χ3n) is 7.40. The smallest absolute Gasteiger partial charge is 0.323 e. The minimum atomic E-state index is -0.804. The van der Waals surface area contributed by atoms with E-state index < -0.39 is 35.9 Å². The number of hydrogen-bond acceptors (Lipinski definition) is 10. The van der Waals surface area contributed by atoms with Gasteiger partial charge in [0.15, 0.2) is 23.0 Å². The van der Waals surface area contributed by atoms with Gasteiger partial charge >= 0.3 is 11.9 Å². The molecule has 10 heteroatoms. The highest BCUT2D eigenvalue weighted by molar-refractivity contribution is 5.80. The van der Waals surface area contributed by atoms with E-state index in [9.17, 15) is 9.59 Å². The summed E-state index contributed by atoms with van der Waals surface area (Å²) in [7, 11) is 4.60. The number of carbonyl (C=O) groups excluding carboxylic acids is 2. The van der Waals surface area contributed by atoms with Crippen LogP contribution in [0.15, 0.2) is 24.3 Å². The van der Waals surface area contributed by atoms with Crippen LogP contribution >= 0.6 is 0 Å². The van der Waals surface area contributed by atoms with Crippen molar-refractivity contribution < 1.29 is 42.7 Å². The van der Waals surface area contributed by atoms with Crippen molar-refractivity contribution in [2.24, 2.45) is 23.5 Å². The van der Waals surface area contributed by atoms with Crippen LogP contribution < -0.4 is 29.4 Å². The Hall–Kier alpha value is -3.66. The molecule has 0 amide bonds. The summed E-state index contributed by atoms with van der Waals surface area (Å²) < 4.78 is 39.5. The molecule has 37 heavy (non-hydrogen) atoms. The van der Waals surface area contributed by atoms with Crippen LogP contribution in [0, 0.1) is 17.8 Å². The number of methoxy groups -OCH3 is 3. The Morgan fingerprint density at radius 2 is 1.57 bits per heavy atom. The lowest BCUT2D eigenvalue weighted by molar-refractivity contribution is -0.157. The van der Waals surface area contributed by atoms with Crippen molar-refractivity contribution >= 4 is 11.9 Å². The molecular formula is C27H31NO9. The van der Waals surface area contributed by atoms with E-state index in [4.69, 9.17) is 38.9 Å². The van der Waals surface area contributed by atoms with Gasteiger partial charge in [-0.1, -0.05) is 13.8 Å². The van der Waals surface area contributed by atoms with Gasteiger partial charge in [-0.15, -0.1) is 0 Å². The Kier molecular flexibility index (Phi) is 6.53. The average molecular weight is 514 g/mol. The van der Waals surface area contributed by atoms with Gasteiger partial charge in [0.2, 0.25) is 12.5 Å². The molecule has 2 aromatic rings. The van der Waals surface area contributed by atoms with E-state index in [0.29, 0.717) is 34.3 Å². The molecule has 0 aromatic heterocycles. The van der Waals surface area contributed by atoms with E-state index in [-0.39, 0.29) is 25.3 Å². The van der Waals surface area contributed by atoms with E-state index in [1.54, 1.807) is 0 Å². The summed E-state index contributed by atoms with van der Waals surface area (Å²) in [5.41, 5.74) is 8.33. The van der Waals surface area contributed by atoms with Crippen LogP contribution in [0.5, 0.6) is 28.7 Å². The second-order valence-corrected chi connectivity index (χ2v) is 9.72. The molecule has 2 aliphatic heterocycles. The van der Waals surface area contributed by atoms with Gasteiger partial charge in [-0.2, -0.15) is 0 Å². The van der Waals surface area contributed by atoms with Crippen LogP contribution in [0.25, 0.3) is 0 Å². The number of nitrogens with two attached hydrogens (primary N) is 1. The Morgan fingerprint density at radius 1 is 0.946 bits per heavy atom. The van der Waals surface area contributed by atoms with E-state index >= 15 is 0 Å². The minimum absolute atomic E-state index is 0.0741. The average Bonchev–Trinajstić information content (AvgIpc) is 3.52. The number of cyclic esters (lactones) is 1. The van der Waals surface area contributed by atoms with E-state index in [1.165, 1.54) is 21.3 Å². The highest BCUT2D eigenvalue weighted by Crippen LogP contribution is 2.56. The monoisotopic (exact) mass is 513 g/mol. The van der Waals surface area contributed by atoms with Crippen molar-refractivity contribution in [2.45, 2.75) is 31.9 Å². The molecule has 1 aliphatic carbocycles. The van der Waals surface area contributed by atoms with Gasteiger partial charge in [-0.3, -0.25) is 9.59 Å². The summed E-state index contributed by atoms with van der Waals surface area (Å²) in [6.45, 7) is 3.88. The molecule has 5 atom stereocenters. The predicted octanol–water partition coefficient (Wildman–Crippen LogP) is 2.94. The van der Waals surface area contributed by atoms with Gasteiger partial charge in [0.05, 0.1) is 33.9 Å². The largest absolute Gasteiger partial charge is 0.493 e. The van der Waals surface area contributed by atoms with Gasteiger partial charge in [0.25, 0.3) is 0 Å². The Balaban J connectivity index is 1.69. The lowest BCUT2D eigenvalue weighted by Crippen LogP contribution is -2.41. The van der Waals surface area contributed by atoms with Crippen LogP contribution in [0.2, 0.25) is 0 Å². The van der Waals surface area contributed by atoms with Crippen molar-refractivity contribution in [1.29, 1.82) is 0 Å². The summed E-state index contributed by atoms with van der Waals surface area (Å²) >= 11 is 0. The normalized spacial score (nSPS) is 24.1. The molecule has 198 valence electrons. The Morgan fingerprint density at radius 3 is 2.14 bits per heavy atom. The van der Waals surface area contributed by atoms with Gasteiger partial charge in [0.1, 0.15) is 12.1 Å². The fourth-order valence-corrected chi connectivity index (χ4v) is 5.42. The number of rotatable bonds is 7. The third-order valence-corrected chi connectivity index (χ3v) is 7.40. The molecule has 0 spiro atoms. The zero-order valence-electron chi connectivity index (χ0n) is 21.4. The van der Waals surface area contributed by atoms with Crippen molar-refractivity contribution in [3.8, 4) is 28.7 Å². The molecule has 1 fully saturated rings. The van der Waals surface area contributed by atoms with Crippen LogP contribution in [-0.2, 0) is 19.1 Å². The first-order chi connectivity index (χ1) is 17.8. The van der Waals surface area contributed by atoms with Gasteiger partial charge in [-0.05, 0) is 41.3 Å². The molecule has 2 N–H and O–H groups in total. The summed E-state index contributed by atoms with van der Waals surface area (Å²) in [5, 5.41) is 0. The zero-order valence-corrected chi connectivity index (χ0v) is 21.4. The predicted molar refractivity (Wildman–Crippen MR) is 130 cm³/mol. The second kappa shape index (κ2) is 9.66. The fourth-order valence-electron chi connectivity index (χ4n) is 5.42. The van der Waals surface area contributed by atoms with Crippen molar-refractivity contribution in [1.82, 2.24) is 0 Å². The van der Waals surface area contributed by atoms with Crippen LogP contribution in [-0.4, -0.2) is 52.7 Å². The molecule has 0 bridgehead atoms. The summed E-state index contributed by atoms with van der Waals surface area (Å²) in [6, 6.07) is 6.51. The fraction of sp³-hybridized carbons (Fsp3) is 0.481. The quantitative estimate of drug-likeness (QED) is 0.553. The highest BCUT2D eigenvalue weighted by atomic mass is 16.7. The number of carbonyl (C=O) groups is 2. The van der Waals surface area contributed by atoms with Gasteiger partial charge in [0, 0.05) is 17.4 Å². The van der Waals surface area contributed by atoms with Gasteiger partial charge in [-0.25, -0.2) is 0 Å². The number of esters is 2. The number of hydrogen-bond donors (Lipinski definition) is 1. The summed E-state index contributed by atoms with van der Waals surface area (Å²) in [6.07, 6.45) is -0.753. The van der Waals surface area contributed by atoms with Crippen LogP contribution in [0.1, 0.15) is 42.6 Å². The zero-order chi connectivity index (χ0) is 26.4. The van der Waals surface area contributed by atoms with Crippen molar-refractivity contribution in [3.05, 3.63) is 41.0 Å². The lowest BCUT2D eigenvalue weighted by Gasteiger charge is -2.39. The second-order valence-electron chi connectivity index (χ2n) is 9.72. The molecule has 2 aromatic carbocycles. The van der Waals surface area contributed by atoms with Crippen LogP contribution in [0.4, 0.5) is 0 Å². The topological polar surface area (TPSA) is 125 Å². The number of fused-ring (bicyclic) bond motifs is 3. The molecule has 5 rings (SSSR count). The maximum absolute atomic E-state index is 13.2. The number of ether oxygens (including phenoxy) is 7. The summed E-state index contributed by atoms with van der Waals surface area (Å²) in [4.78, 5) is 26.2. The third kappa shape index (κ3) is 4.09. The Bertz CT molecular complexity index is 1200.